The molecular formula is C17H16N4O6. The van der Waals surface area contributed by atoms with Crippen LogP contribution in [0.5, 0.6) is 0 Å². The summed E-state index contributed by atoms with van der Waals surface area (Å²) in [7, 11) is 0. The van der Waals surface area contributed by atoms with Crippen LogP contribution in [-0.2, 0) is 4.74 Å². The third-order valence-corrected chi connectivity index (χ3v) is 4.14. The molecule has 2 aromatic rings. The van der Waals surface area contributed by atoms with Crippen molar-refractivity contribution in [1.29, 1.82) is 0 Å². The highest BCUT2D eigenvalue weighted by atomic mass is 16.6. The van der Waals surface area contributed by atoms with E-state index in [1.54, 1.807) is 0 Å². The molecule has 0 aliphatic carbocycles. The fourth-order valence-corrected chi connectivity index (χ4v) is 2.82. The number of carbonyl (C=O) groups is 1. The van der Waals surface area contributed by atoms with Crippen molar-refractivity contribution in [3.8, 4) is 0 Å². The Morgan fingerprint density at radius 3 is 2.41 bits per heavy atom. The van der Waals surface area contributed by atoms with Crippen LogP contribution in [0.4, 0.5) is 22.7 Å². The van der Waals surface area contributed by atoms with Crippen LogP contribution in [0.3, 0.4) is 0 Å². The van der Waals surface area contributed by atoms with Crippen molar-refractivity contribution >= 4 is 28.7 Å². The molecule has 10 nitrogen and oxygen atoms in total. The van der Waals surface area contributed by atoms with E-state index in [0.717, 1.165) is 0 Å². The molecular weight excluding hydrogens is 356 g/mol. The number of nitrogens with zero attached hydrogens (tertiary/aromatic N) is 3. The summed E-state index contributed by atoms with van der Waals surface area (Å²) in [5.74, 6) is -0.661. The largest absolute Gasteiger partial charge is 0.378 e. The number of nitro benzene ring substituents is 2. The summed E-state index contributed by atoms with van der Waals surface area (Å²) < 4.78 is 5.29. The molecule has 27 heavy (non-hydrogen) atoms. The van der Waals surface area contributed by atoms with Gasteiger partial charge in [-0.2, -0.15) is 0 Å². The number of anilines is 2. The Morgan fingerprint density at radius 2 is 1.74 bits per heavy atom. The van der Waals surface area contributed by atoms with Gasteiger partial charge in [0.05, 0.1) is 34.4 Å². The Bertz CT molecular complexity index is 895. The Hall–Kier alpha value is -3.53. The quantitative estimate of drug-likeness (QED) is 0.631. The third-order valence-electron chi connectivity index (χ3n) is 4.14. The van der Waals surface area contributed by atoms with Crippen LogP contribution in [-0.4, -0.2) is 42.1 Å². The molecule has 1 saturated heterocycles. The van der Waals surface area contributed by atoms with Crippen molar-refractivity contribution in [1.82, 2.24) is 0 Å². The summed E-state index contributed by atoms with van der Waals surface area (Å²) >= 11 is 0. The summed E-state index contributed by atoms with van der Waals surface area (Å²) in [6, 6.07) is 9.68. The number of nitro groups is 2. The fourth-order valence-electron chi connectivity index (χ4n) is 2.82. The number of ether oxygens (including phenoxy) is 1. The van der Waals surface area contributed by atoms with Crippen LogP contribution in [0.2, 0.25) is 0 Å². The molecule has 1 aliphatic rings. The molecule has 0 atom stereocenters. The average Bonchev–Trinajstić information content (AvgIpc) is 2.68. The van der Waals surface area contributed by atoms with Crippen LogP contribution in [0, 0.1) is 20.2 Å². The lowest BCUT2D eigenvalue weighted by atomic mass is 10.1. The number of rotatable bonds is 5. The molecule has 1 amide bonds. The highest BCUT2D eigenvalue weighted by Crippen LogP contribution is 2.32. The first-order valence-corrected chi connectivity index (χ1v) is 8.13. The molecule has 1 N–H and O–H groups in total. The number of non-ortho nitro benzene ring substituents is 1. The van der Waals surface area contributed by atoms with Crippen molar-refractivity contribution in [2.75, 3.05) is 36.5 Å². The first-order chi connectivity index (χ1) is 13.0. The number of hydrogen-bond donors (Lipinski definition) is 1. The normalized spacial score (nSPS) is 13.9. The molecule has 1 heterocycles. The van der Waals surface area contributed by atoms with Gasteiger partial charge in [0.2, 0.25) is 0 Å². The van der Waals surface area contributed by atoms with Gasteiger partial charge in [-0.1, -0.05) is 12.1 Å². The maximum Gasteiger partial charge on any atom is 0.282 e. The van der Waals surface area contributed by atoms with Crippen LogP contribution in [0.25, 0.3) is 0 Å². The van der Waals surface area contributed by atoms with Gasteiger partial charge in [0.15, 0.2) is 0 Å². The molecule has 1 fully saturated rings. The molecule has 0 spiro atoms. The first kappa shape index (κ1) is 18.3. The van der Waals surface area contributed by atoms with Crippen molar-refractivity contribution in [3.05, 3.63) is 68.3 Å². The van der Waals surface area contributed by atoms with E-state index in [4.69, 9.17) is 4.74 Å². The van der Waals surface area contributed by atoms with E-state index in [0.29, 0.717) is 37.7 Å². The minimum absolute atomic E-state index is 0.0891. The van der Waals surface area contributed by atoms with E-state index in [1.165, 1.54) is 42.5 Å². The van der Waals surface area contributed by atoms with Crippen molar-refractivity contribution in [2.24, 2.45) is 0 Å². The number of nitrogens with one attached hydrogen (secondary N) is 1. The molecule has 0 saturated carbocycles. The fraction of sp³-hybridized carbons (Fsp3) is 0.235. The SMILES string of the molecule is O=C(Nc1ccc([N+](=O)[O-])cc1N1CCOCC1)c1ccccc1[N+](=O)[O-]. The van der Waals surface area contributed by atoms with Crippen molar-refractivity contribution < 1.29 is 19.4 Å². The van der Waals surface area contributed by atoms with Gasteiger partial charge in [-0.3, -0.25) is 25.0 Å². The highest BCUT2D eigenvalue weighted by Gasteiger charge is 2.23. The zero-order valence-corrected chi connectivity index (χ0v) is 14.2. The predicted molar refractivity (Wildman–Crippen MR) is 97.2 cm³/mol. The third kappa shape index (κ3) is 4.01. The lowest BCUT2D eigenvalue weighted by Gasteiger charge is -2.30. The number of hydrogen-bond acceptors (Lipinski definition) is 7. The maximum atomic E-state index is 12.6. The van der Waals surface area contributed by atoms with Crippen LogP contribution in [0.15, 0.2) is 42.5 Å². The average molecular weight is 372 g/mol. The summed E-state index contributed by atoms with van der Waals surface area (Å²) in [4.78, 5) is 35.6. The summed E-state index contributed by atoms with van der Waals surface area (Å²) in [5.41, 5.74) is 0.295. The first-order valence-electron chi connectivity index (χ1n) is 8.13. The Kier molecular flexibility index (Phi) is 5.27. The minimum atomic E-state index is -0.661. The number of benzene rings is 2. The Morgan fingerprint density at radius 1 is 1.04 bits per heavy atom. The molecule has 0 radical (unpaired) electrons. The highest BCUT2D eigenvalue weighted by molar-refractivity contribution is 6.08. The van der Waals surface area contributed by atoms with Crippen LogP contribution < -0.4 is 10.2 Å². The Balaban J connectivity index is 1.95. The summed E-state index contributed by atoms with van der Waals surface area (Å²) in [6.45, 7) is 1.94. The van der Waals surface area contributed by atoms with Crippen molar-refractivity contribution in [2.45, 2.75) is 0 Å². The molecule has 1 aliphatic heterocycles. The molecule has 140 valence electrons. The van der Waals surface area contributed by atoms with Gasteiger partial charge in [-0.25, -0.2) is 0 Å². The van der Waals surface area contributed by atoms with Gasteiger partial charge in [0.1, 0.15) is 5.56 Å². The van der Waals surface area contributed by atoms with Gasteiger partial charge in [-0.05, 0) is 12.1 Å². The second kappa shape index (κ2) is 7.79. The van der Waals surface area contributed by atoms with E-state index >= 15 is 0 Å². The standard InChI is InChI=1S/C17H16N4O6/c22-17(13-3-1-2-4-15(13)21(25)26)18-14-6-5-12(20(23)24)11-16(14)19-7-9-27-10-8-19/h1-6,11H,7-10H2,(H,18,22). The topological polar surface area (TPSA) is 128 Å². The van der Waals surface area contributed by atoms with Crippen LogP contribution >= 0.6 is 0 Å². The lowest BCUT2D eigenvalue weighted by Crippen LogP contribution is -2.36. The molecule has 2 aromatic carbocycles. The summed E-state index contributed by atoms with van der Waals surface area (Å²) in [6.07, 6.45) is 0. The number of para-hydroxylation sites is 1. The van der Waals surface area contributed by atoms with Gasteiger partial charge in [-0.15, -0.1) is 0 Å². The molecule has 10 heteroatoms. The molecule has 0 unspecified atom stereocenters. The van der Waals surface area contributed by atoms with E-state index in [-0.39, 0.29) is 16.9 Å². The number of carbonyl (C=O) groups excluding carboxylic acids is 1. The molecule has 0 bridgehead atoms. The van der Waals surface area contributed by atoms with E-state index in [1.807, 2.05) is 4.90 Å². The number of morpholine rings is 1. The second-order valence-corrected chi connectivity index (χ2v) is 5.79. The molecule has 3 rings (SSSR count). The van der Waals surface area contributed by atoms with Gasteiger partial charge >= 0.3 is 0 Å². The van der Waals surface area contributed by atoms with E-state index in [9.17, 15) is 25.0 Å². The molecule has 0 aromatic heterocycles. The Labute approximate surface area is 153 Å². The lowest BCUT2D eigenvalue weighted by molar-refractivity contribution is -0.385. The monoisotopic (exact) mass is 372 g/mol. The van der Waals surface area contributed by atoms with Crippen LogP contribution in [0.1, 0.15) is 10.4 Å². The zero-order chi connectivity index (χ0) is 19.4. The zero-order valence-electron chi connectivity index (χ0n) is 14.2. The minimum Gasteiger partial charge on any atom is -0.378 e. The summed E-state index contributed by atoms with van der Waals surface area (Å²) in [5, 5.41) is 24.9. The van der Waals surface area contributed by atoms with Gasteiger partial charge < -0.3 is 15.0 Å². The van der Waals surface area contributed by atoms with Crippen molar-refractivity contribution in [3.63, 3.8) is 0 Å². The smallest absolute Gasteiger partial charge is 0.282 e. The van der Waals surface area contributed by atoms with Gasteiger partial charge in [0.25, 0.3) is 17.3 Å². The predicted octanol–water partition coefficient (Wildman–Crippen LogP) is 2.59. The second-order valence-electron chi connectivity index (χ2n) is 5.79. The van der Waals surface area contributed by atoms with Gasteiger partial charge in [0, 0.05) is 31.3 Å². The van der Waals surface area contributed by atoms with E-state index < -0.39 is 15.8 Å². The van der Waals surface area contributed by atoms with E-state index in [2.05, 4.69) is 5.32 Å². The number of amides is 1. The maximum absolute atomic E-state index is 12.6.